The van der Waals surface area contributed by atoms with Crippen molar-refractivity contribution >= 4 is 5.82 Å². The molecule has 0 amide bonds. The number of aryl methyl sites for hydroxylation is 1. The van der Waals surface area contributed by atoms with E-state index >= 15 is 0 Å². The summed E-state index contributed by atoms with van der Waals surface area (Å²) in [5.74, 6) is 0.823. The van der Waals surface area contributed by atoms with Crippen LogP contribution in [0.3, 0.4) is 0 Å². The van der Waals surface area contributed by atoms with Gasteiger partial charge >= 0.3 is 0 Å². The van der Waals surface area contributed by atoms with E-state index in [4.69, 9.17) is 0 Å². The Balaban J connectivity index is 2.77. The van der Waals surface area contributed by atoms with Gasteiger partial charge in [-0.3, -0.25) is 0 Å². The van der Waals surface area contributed by atoms with Gasteiger partial charge in [-0.15, -0.1) is 0 Å². The van der Waals surface area contributed by atoms with Crippen LogP contribution in [0.2, 0.25) is 0 Å². The monoisotopic (exact) mass is 194 g/mol. The summed E-state index contributed by atoms with van der Waals surface area (Å²) >= 11 is 0. The van der Waals surface area contributed by atoms with Gasteiger partial charge in [0.2, 0.25) is 0 Å². The smallest absolute Gasteiger partial charge is 0.126 e. The van der Waals surface area contributed by atoms with Gasteiger partial charge in [-0.1, -0.05) is 13.0 Å². The summed E-state index contributed by atoms with van der Waals surface area (Å²) in [5, 5.41) is 12.5. The van der Waals surface area contributed by atoms with Crippen LogP contribution in [0.15, 0.2) is 18.2 Å². The van der Waals surface area contributed by atoms with Gasteiger partial charge in [0.25, 0.3) is 0 Å². The molecule has 0 aromatic carbocycles. The van der Waals surface area contributed by atoms with E-state index in [0.29, 0.717) is 0 Å². The highest BCUT2D eigenvalue weighted by atomic mass is 16.3. The Morgan fingerprint density at radius 3 is 2.71 bits per heavy atom. The first kappa shape index (κ1) is 11.0. The van der Waals surface area contributed by atoms with Crippen molar-refractivity contribution in [2.75, 3.05) is 11.9 Å². The Kier molecular flexibility index (Phi) is 3.47. The maximum absolute atomic E-state index is 9.23. The highest BCUT2D eigenvalue weighted by molar-refractivity contribution is 5.38. The summed E-state index contributed by atoms with van der Waals surface area (Å²) in [4.78, 5) is 4.33. The number of aromatic nitrogens is 1. The number of aliphatic hydroxyl groups is 1. The second-order valence-electron chi connectivity index (χ2n) is 3.86. The molecule has 3 heteroatoms. The van der Waals surface area contributed by atoms with Crippen LogP contribution in [0.25, 0.3) is 0 Å². The van der Waals surface area contributed by atoms with Crippen LogP contribution in [0.1, 0.15) is 26.0 Å². The molecular formula is C11H18N2O. The molecule has 0 saturated heterocycles. The van der Waals surface area contributed by atoms with Gasteiger partial charge in [-0.2, -0.15) is 0 Å². The highest BCUT2D eigenvalue weighted by Gasteiger charge is 2.20. The second-order valence-corrected chi connectivity index (χ2v) is 3.86. The summed E-state index contributed by atoms with van der Waals surface area (Å²) in [7, 11) is 0. The maximum Gasteiger partial charge on any atom is 0.126 e. The zero-order valence-corrected chi connectivity index (χ0v) is 9.04. The molecule has 14 heavy (non-hydrogen) atoms. The van der Waals surface area contributed by atoms with E-state index < -0.39 is 0 Å². The number of hydrogen-bond acceptors (Lipinski definition) is 3. The van der Waals surface area contributed by atoms with Crippen LogP contribution in [-0.2, 0) is 0 Å². The van der Waals surface area contributed by atoms with Gasteiger partial charge in [0, 0.05) is 5.69 Å². The van der Waals surface area contributed by atoms with Crippen LogP contribution in [0, 0.1) is 6.92 Å². The van der Waals surface area contributed by atoms with Gasteiger partial charge in [-0.05, 0) is 32.4 Å². The summed E-state index contributed by atoms with van der Waals surface area (Å²) in [6.45, 7) is 6.09. The maximum atomic E-state index is 9.23. The van der Waals surface area contributed by atoms with Gasteiger partial charge in [-0.25, -0.2) is 4.98 Å². The Morgan fingerprint density at radius 2 is 2.21 bits per heavy atom. The Hall–Kier alpha value is -1.09. The van der Waals surface area contributed by atoms with Crippen LogP contribution in [-0.4, -0.2) is 22.2 Å². The Labute approximate surface area is 85.2 Å². The molecule has 1 atom stereocenters. The molecule has 0 radical (unpaired) electrons. The molecule has 1 rings (SSSR count). The van der Waals surface area contributed by atoms with Crippen molar-refractivity contribution in [2.24, 2.45) is 0 Å². The fraction of sp³-hybridized carbons (Fsp3) is 0.545. The topological polar surface area (TPSA) is 45.1 Å². The van der Waals surface area contributed by atoms with E-state index in [1.807, 2.05) is 39.0 Å². The zero-order chi connectivity index (χ0) is 10.6. The Morgan fingerprint density at radius 1 is 1.50 bits per heavy atom. The normalized spacial score (nSPS) is 14.9. The molecule has 1 aromatic heterocycles. The molecule has 0 bridgehead atoms. The number of rotatable bonds is 4. The SMILES string of the molecule is CCC(C)(CO)Nc1cccc(C)n1. The minimum Gasteiger partial charge on any atom is -0.394 e. The van der Waals surface area contributed by atoms with Crippen molar-refractivity contribution in [3.8, 4) is 0 Å². The van der Waals surface area contributed by atoms with Crippen LogP contribution in [0.5, 0.6) is 0 Å². The Bertz CT molecular complexity index is 295. The lowest BCUT2D eigenvalue weighted by Crippen LogP contribution is -2.38. The predicted octanol–water partition coefficient (Wildman–Crippen LogP) is 1.96. The van der Waals surface area contributed by atoms with E-state index in [1.165, 1.54) is 0 Å². The van der Waals surface area contributed by atoms with Crippen molar-refractivity contribution in [2.45, 2.75) is 32.7 Å². The lowest BCUT2D eigenvalue weighted by Gasteiger charge is -2.27. The number of pyridine rings is 1. The zero-order valence-electron chi connectivity index (χ0n) is 9.04. The van der Waals surface area contributed by atoms with Gasteiger partial charge in [0.05, 0.1) is 12.1 Å². The molecule has 0 aliphatic carbocycles. The van der Waals surface area contributed by atoms with Crippen LogP contribution < -0.4 is 5.32 Å². The number of aliphatic hydroxyl groups excluding tert-OH is 1. The molecule has 0 saturated carbocycles. The lowest BCUT2D eigenvalue weighted by molar-refractivity contribution is 0.218. The van der Waals surface area contributed by atoms with E-state index in [-0.39, 0.29) is 12.1 Å². The fourth-order valence-corrected chi connectivity index (χ4v) is 1.16. The van der Waals surface area contributed by atoms with Gasteiger partial charge < -0.3 is 10.4 Å². The standard InChI is InChI=1S/C11H18N2O/c1-4-11(3,8-14)13-10-7-5-6-9(2)12-10/h5-7,14H,4,8H2,1-3H3,(H,12,13). The molecule has 1 heterocycles. The first-order valence-electron chi connectivity index (χ1n) is 4.92. The minimum absolute atomic E-state index is 0.110. The van der Waals surface area contributed by atoms with E-state index in [2.05, 4.69) is 10.3 Å². The van der Waals surface area contributed by atoms with E-state index in [0.717, 1.165) is 17.9 Å². The lowest BCUT2D eigenvalue weighted by atomic mass is 10.0. The second kappa shape index (κ2) is 4.42. The van der Waals surface area contributed by atoms with Crippen molar-refractivity contribution in [1.29, 1.82) is 0 Å². The molecule has 0 spiro atoms. The quantitative estimate of drug-likeness (QED) is 0.770. The number of nitrogens with one attached hydrogen (secondary N) is 1. The first-order chi connectivity index (χ1) is 6.59. The number of anilines is 1. The fourth-order valence-electron chi connectivity index (χ4n) is 1.16. The van der Waals surface area contributed by atoms with E-state index in [1.54, 1.807) is 0 Å². The van der Waals surface area contributed by atoms with Gasteiger partial charge in [0.1, 0.15) is 5.82 Å². The number of hydrogen-bond donors (Lipinski definition) is 2. The third kappa shape index (κ3) is 2.70. The molecular weight excluding hydrogens is 176 g/mol. The summed E-state index contributed by atoms with van der Waals surface area (Å²) in [6, 6.07) is 5.82. The van der Waals surface area contributed by atoms with Crippen molar-refractivity contribution < 1.29 is 5.11 Å². The largest absolute Gasteiger partial charge is 0.394 e. The average Bonchev–Trinajstić information content (AvgIpc) is 2.18. The first-order valence-corrected chi connectivity index (χ1v) is 4.92. The number of nitrogens with zero attached hydrogens (tertiary/aromatic N) is 1. The van der Waals surface area contributed by atoms with Crippen molar-refractivity contribution in [3.05, 3.63) is 23.9 Å². The predicted molar refractivity (Wildman–Crippen MR) is 58.4 cm³/mol. The van der Waals surface area contributed by atoms with Gasteiger partial charge in [0.15, 0.2) is 0 Å². The molecule has 3 nitrogen and oxygen atoms in total. The average molecular weight is 194 g/mol. The molecule has 2 N–H and O–H groups in total. The molecule has 0 aliphatic heterocycles. The molecule has 1 unspecified atom stereocenters. The summed E-state index contributed by atoms with van der Waals surface area (Å²) in [6.07, 6.45) is 0.860. The highest BCUT2D eigenvalue weighted by Crippen LogP contribution is 2.16. The minimum atomic E-state index is -0.277. The van der Waals surface area contributed by atoms with Crippen LogP contribution in [0.4, 0.5) is 5.82 Å². The van der Waals surface area contributed by atoms with Crippen molar-refractivity contribution in [1.82, 2.24) is 4.98 Å². The third-order valence-corrected chi connectivity index (χ3v) is 2.45. The van der Waals surface area contributed by atoms with Crippen LogP contribution >= 0.6 is 0 Å². The molecule has 0 fully saturated rings. The molecule has 1 aromatic rings. The third-order valence-electron chi connectivity index (χ3n) is 2.45. The summed E-state index contributed by atoms with van der Waals surface area (Å²) in [5.41, 5.74) is 0.701. The van der Waals surface area contributed by atoms with E-state index in [9.17, 15) is 5.11 Å². The molecule has 0 aliphatic rings. The summed E-state index contributed by atoms with van der Waals surface area (Å²) < 4.78 is 0. The van der Waals surface area contributed by atoms with Crippen molar-refractivity contribution in [3.63, 3.8) is 0 Å². The molecule has 78 valence electrons.